The molecule has 3 aromatic rings. The van der Waals surface area contributed by atoms with E-state index < -0.39 is 28.5 Å². The number of anilines is 1. The van der Waals surface area contributed by atoms with E-state index in [1.54, 1.807) is 29.2 Å². The highest BCUT2D eigenvalue weighted by Crippen LogP contribution is 2.26. The predicted molar refractivity (Wildman–Crippen MR) is 163 cm³/mol. The highest BCUT2D eigenvalue weighted by molar-refractivity contribution is 7.92. The van der Waals surface area contributed by atoms with Gasteiger partial charge in [0, 0.05) is 17.6 Å². The summed E-state index contributed by atoms with van der Waals surface area (Å²) >= 11 is 6.02. The van der Waals surface area contributed by atoms with Crippen molar-refractivity contribution in [1.29, 1.82) is 0 Å². The summed E-state index contributed by atoms with van der Waals surface area (Å²) in [6.07, 6.45) is 4.96. The lowest BCUT2D eigenvalue weighted by Gasteiger charge is -2.33. The van der Waals surface area contributed by atoms with Crippen molar-refractivity contribution in [3.8, 4) is 0 Å². The van der Waals surface area contributed by atoms with Crippen molar-refractivity contribution in [2.45, 2.75) is 69.4 Å². The van der Waals surface area contributed by atoms with E-state index in [0.29, 0.717) is 23.6 Å². The zero-order chi connectivity index (χ0) is 29.4. The Bertz CT molecular complexity index is 1410. The molecule has 7 nitrogen and oxygen atoms in total. The van der Waals surface area contributed by atoms with Gasteiger partial charge in [-0.2, -0.15) is 0 Å². The molecule has 0 saturated heterocycles. The number of amides is 2. The third-order valence-electron chi connectivity index (χ3n) is 7.57. The molecule has 0 bridgehead atoms. The number of halogens is 1. The highest BCUT2D eigenvalue weighted by Gasteiger charge is 2.34. The van der Waals surface area contributed by atoms with Crippen LogP contribution in [-0.4, -0.2) is 50.3 Å². The third-order valence-corrected chi connectivity index (χ3v) is 9.61. The van der Waals surface area contributed by atoms with E-state index in [2.05, 4.69) is 5.32 Å². The zero-order valence-corrected chi connectivity index (χ0v) is 25.2. The van der Waals surface area contributed by atoms with E-state index in [0.717, 1.165) is 41.1 Å². The van der Waals surface area contributed by atoms with Crippen LogP contribution in [0.1, 0.15) is 50.2 Å². The second kappa shape index (κ2) is 14.0. The number of benzene rings is 3. The number of carbonyl (C=O) groups excluding carboxylic acids is 2. The molecular formula is C32H38ClN3O4S. The molecule has 1 fully saturated rings. The van der Waals surface area contributed by atoms with Crippen molar-refractivity contribution in [1.82, 2.24) is 10.2 Å². The fraction of sp³-hybridized carbons (Fsp3) is 0.375. The quantitative estimate of drug-likeness (QED) is 0.289. The molecule has 9 heteroatoms. The topological polar surface area (TPSA) is 86.8 Å². The van der Waals surface area contributed by atoms with Gasteiger partial charge in [0.15, 0.2) is 0 Å². The molecule has 1 aliphatic carbocycles. The normalized spacial score (nSPS) is 14.4. The first kappa shape index (κ1) is 30.6. The zero-order valence-electron chi connectivity index (χ0n) is 23.6. The Labute approximate surface area is 248 Å². The van der Waals surface area contributed by atoms with Crippen molar-refractivity contribution in [3.05, 3.63) is 95.0 Å². The number of aryl methyl sites for hydroxylation is 1. The Kier molecular flexibility index (Phi) is 10.5. The van der Waals surface area contributed by atoms with E-state index in [9.17, 15) is 18.0 Å². The second-order valence-electron chi connectivity index (χ2n) is 10.5. The molecule has 0 aliphatic heterocycles. The maximum Gasteiger partial charge on any atom is 0.264 e. The molecule has 4 rings (SSSR count). The molecule has 218 valence electrons. The van der Waals surface area contributed by atoms with Gasteiger partial charge in [-0.15, -0.1) is 0 Å². The molecule has 3 aromatic carbocycles. The Morgan fingerprint density at radius 1 is 0.951 bits per heavy atom. The van der Waals surface area contributed by atoms with Crippen LogP contribution in [0.15, 0.2) is 83.8 Å². The minimum Gasteiger partial charge on any atom is -0.352 e. The van der Waals surface area contributed by atoms with Gasteiger partial charge in [-0.05, 0) is 74.6 Å². The lowest BCUT2D eigenvalue weighted by Crippen LogP contribution is -2.54. The number of hydrogen-bond donors (Lipinski definition) is 1. The molecular weight excluding hydrogens is 558 g/mol. The average Bonchev–Trinajstić information content (AvgIpc) is 3.48. The maximum atomic E-state index is 14.1. The predicted octanol–water partition coefficient (Wildman–Crippen LogP) is 5.75. The summed E-state index contributed by atoms with van der Waals surface area (Å²) in [7, 11) is -4.12. The molecule has 1 atom stereocenters. The van der Waals surface area contributed by atoms with Crippen LogP contribution in [0.5, 0.6) is 0 Å². The summed E-state index contributed by atoms with van der Waals surface area (Å²) < 4.78 is 28.9. The highest BCUT2D eigenvalue weighted by atomic mass is 35.5. The molecule has 0 spiro atoms. The SMILES string of the molecule is CCC(C(=O)NC1CCCC1)N(CCc1ccccc1)C(=O)CN(c1ccc(C)cc1)S(=O)(=O)c1ccc(Cl)cc1. The van der Waals surface area contributed by atoms with Gasteiger partial charge in [0.05, 0.1) is 10.6 Å². The number of nitrogens with zero attached hydrogens (tertiary/aromatic N) is 2. The van der Waals surface area contributed by atoms with Crippen LogP contribution in [0.25, 0.3) is 0 Å². The summed E-state index contributed by atoms with van der Waals surface area (Å²) in [6.45, 7) is 3.62. The van der Waals surface area contributed by atoms with Gasteiger partial charge in [-0.3, -0.25) is 13.9 Å². The fourth-order valence-corrected chi connectivity index (χ4v) is 6.78. The molecule has 2 amide bonds. The molecule has 41 heavy (non-hydrogen) atoms. The van der Waals surface area contributed by atoms with E-state index in [4.69, 9.17) is 11.6 Å². The largest absolute Gasteiger partial charge is 0.352 e. The van der Waals surface area contributed by atoms with Crippen molar-refractivity contribution < 1.29 is 18.0 Å². The minimum absolute atomic E-state index is 0.0251. The number of carbonyl (C=O) groups is 2. The molecule has 0 heterocycles. The number of rotatable bonds is 12. The van der Waals surface area contributed by atoms with Crippen LogP contribution < -0.4 is 9.62 Å². The molecule has 0 aromatic heterocycles. The molecule has 1 N–H and O–H groups in total. The van der Waals surface area contributed by atoms with Crippen LogP contribution in [0.2, 0.25) is 5.02 Å². The fourth-order valence-electron chi connectivity index (χ4n) is 5.24. The van der Waals surface area contributed by atoms with Crippen LogP contribution in [-0.2, 0) is 26.0 Å². The lowest BCUT2D eigenvalue weighted by atomic mass is 10.1. The molecule has 0 radical (unpaired) electrons. The van der Waals surface area contributed by atoms with E-state index in [1.165, 1.54) is 24.3 Å². The second-order valence-corrected chi connectivity index (χ2v) is 12.8. The van der Waals surface area contributed by atoms with Crippen molar-refractivity contribution in [2.24, 2.45) is 0 Å². The van der Waals surface area contributed by atoms with Gasteiger partial charge >= 0.3 is 0 Å². The van der Waals surface area contributed by atoms with Gasteiger partial charge in [0.25, 0.3) is 10.0 Å². The summed E-state index contributed by atoms with van der Waals surface area (Å²) in [5.41, 5.74) is 2.36. The van der Waals surface area contributed by atoms with Crippen LogP contribution in [0, 0.1) is 6.92 Å². The summed E-state index contributed by atoms with van der Waals surface area (Å²) in [5.74, 6) is -0.629. The number of hydrogen-bond acceptors (Lipinski definition) is 4. The maximum absolute atomic E-state index is 14.1. The van der Waals surface area contributed by atoms with Gasteiger partial charge in [0.2, 0.25) is 11.8 Å². The third kappa shape index (κ3) is 7.89. The summed E-state index contributed by atoms with van der Waals surface area (Å²) in [5, 5.41) is 3.55. The first-order valence-corrected chi connectivity index (χ1v) is 16.0. The van der Waals surface area contributed by atoms with Crippen LogP contribution in [0.4, 0.5) is 5.69 Å². The lowest BCUT2D eigenvalue weighted by molar-refractivity contribution is -0.139. The monoisotopic (exact) mass is 595 g/mol. The van der Waals surface area contributed by atoms with Crippen molar-refractivity contribution in [2.75, 3.05) is 17.4 Å². The molecule has 1 unspecified atom stereocenters. The first-order valence-electron chi connectivity index (χ1n) is 14.2. The summed E-state index contributed by atoms with van der Waals surface area (Å²) in [6, 6.07) is 22.0. The first-order chi connectivity index (χ1) is 19.7. The average molecular weight is 596 g/mol. The smallest absolute Gasteiger partial charge is 0.264 e. The van der Waals surface area contributed by atoms with Crippen LogP contribution in [0.3, 0.4) is 0 Å². The summed E-state index contributed by atoms with van der Waals surface area (Å²) in [4.78, 5) is 29.2. The Morgan fingerprint density at radius 3 is 2.20 bits per heavy atom. The Balaban J connectivity index is 1.66. The van der Waals surface area contributed by atoms with Crippen molar-refractivity contribution >= 4 is 39.1 Å². The van der Waals surface area contributed by atoms with Crippen LogP contribution >= 0.6 is 11.6 Å². The Hall–Kier alpha value is -3.36. The standard InChI is InChI=1S/C32H38ClN3O4S/c1-3-30(32(38)34-27-11-7-8-12-27)35(22-21-25-9-5-4-6-10-25)31(37)23-36(28-17-13-24(2)14-18-28)41(39,40)29-19-15-26(33)16-20-29/h4-6,9-10,13-20,27,30H,3,7-8,11-12,21-23H2,1-2H3,(H,34,38). The number of nitrogens with one attached hydrogen (secondary N) is 1. The molecule has 1 aliphatic rings. The van der Waals surface area contributed by atoms with E-state index in [-0.39, 0.29) is 23.4 Å². The van der Waals surface area contributed by atoms with E-state index in [1.807, 2.05) is 44.2 Å². The van der Waals surface area contributed by atoms with Gasteiger partial charge in [-0.1, -0.05) is 79.4 Å². The minimum atomic E-state index is -4.12. The number of sulfonamides is 1. The van der Waals surface area contributed by atoms with Gasteiger partial charge < -0.3 is 10.2 Å². The van der Waals surface area contributed by atoms with Gasteiger partial charge in [0.1, 0.15) is 12.6 Å². The Morgan fingerprint density at radius 2 is 1.59 bits per heavy atom. The van der Waals surface area contributed by atoms with Gasteiger partial charge in [-0.25, -0.2) is 8.42 Å². The van der Waals surface area contributed by atoms with Crippen molar-refractivity contribution in [3.63, 3.8) is 0 Å². The van der Waals surface area contributed by atoms with E-state index >= 15 is 0 Å². The molecule has 1 saturated carbocycles.